The second-order valence-corrected chi connectivity index (χ2v) is 8.38. The summed E-state index contributed by atoms with van der Waals surface area (Å²) in [5.41, 5.74) is 1.23. The molecule has 3 N–H and O–H groups in total. The zero-order valence-corrected chi connectivity index (χ0v) is 17.8. The van der Waals surface area contributed by atoms with E-state index in [-0.39, 0.29) is 36.3 Å². The van der Waals surface area contributed by atoms with Crippen molar-refractivity contribution in [1.29, 1.82) is 0 Å². The van der Waals surface area contributed by atoms with Crippen LogP contribution in [0.2, 0.25) is 5.02 Å². The highest BCUT2D eigenvalue weighted by Gasteiger charge is 2.46. The predicted octanol–water partition coefficient (Wildman–Crippen LogP) is 4.01. The van der Waals surface area contributed by atoms with Crippen molar-refractivity contribution in [3.05, 3.63) is 59.6 Å². The molecule has 1 saturated carbocycles. The number of para-hydroxylation sites is 1. The summed E-state index contributed by atoms with van der Waals surface area (Å²) in [7, 11) is 0. The molecule has 31 heavy (non-hydrogen) atoms. The number of fused-ring (bicyclic) bond motifs is 1. The number of piperazine rings is 1. The van der Waals surface area contributed by atoms with Gasteiger partial charge in [-0.05, 0) is 49.2 Å². The van der Waals surface area contributed by atoms with Crippen LogP contribution in [0.15, 0.2) is 54.6 Å². The first kappa shape index (κ1) is 21.2. The number of rotatable bonds is 4. The molecule has 0 radical (unpaired) electrons. The third kappa shape index (κ3) is 4.99. The normalized spacial score (nSPS) is 22.8. The Morgan fingerprint density at radius 3 is 2.39 bits per heavy atom. The van der Waals surface area contributed by atoms with Gasteiger partial charge in [0.2, 0.25) is 11.8 Å². The van der Waals surface area contributed by atoms with Crippen LogP contribution in [0, 0.1) is 0 Å². The van der Waals surface area contributed by atoms with Crippen LogP contribution in [0.3, 0.4) is 0 Å². The van der Waals surface area contributed by atoms with Crippen LogP contribution >= 0.6 is 11.6 Å². The van der Waals surface area contributed by atoms with Crippen molar-refractivity contribution in [3.8, 4) is 0 Å². The van der Waals surface area contributed by atoms with Gasteiger partial charge in [0.1, 0.15) is 6.04 Å². The third-order valence-electron chi connectivity index (χ3n) is 5.82. The second kappa shape index (κ2) is 9.39. The summed E-state index contributed by atoms with van der Waals surface area (Å²) >= 11 is 5.89. The van der Waals surface area contributed by atoms with Gasteiger partial charge in [-0.15, -0.1) is 0 Å². The van der Waals surface area contributed by atoms with E-state index in [0.29, 0.717) is 16.4 Å². The van der Waals surface area contributed by atoms with Crippen LogP contribution in [0.4, 0.5) is 16.2 Å². The quantitative estimate of drug-likeness (QED) is 0.670. The number of carbonyl (C=O) groups is 3. The zero-order chi connectivity index (χ0) is 21.8. The number of nitrogens with zero attached hydrogens (tertiary/aromatic N) is 1. The molecule has 2 aromatic rings. The average molecular weight is 441 g/mol. The Morgan fingerprint density at radius 2 is 1.65 bits per heavy atom. The van der Waals surface area contributed by atoms with Gasteiger partial charge in [0.15, 0.2) is 0 Å². The molecule has 0 unspecified atom stereocenters. The molecule has 2 fully saturated rings. The van der Waals surface area contributed by atoms with Crippen LogP contribution in [0.5, 0.6) is 0 Å². The van der Waals surface area contributed by atoms with E-state index in [2.05, 4.69) is 16.0 Å². The minimum atomic E-state index is -0.879. The van der Waals surface area contributed by atoms with Gasteiger partial charge < -0.3 is 20.9 Å². The molecule has 2 aliphatic rings. The summed E-state index contributed by atoms with van der Waals surface area (Å²) in [5, 5.41) is 9.27. The second-order valence-electron chi connectivity index (χ2n) is 7.95. The first-order valence-electron chi connectivity index (χ1n) is 10.5. The number of halogens is 1. The molecule has 0 spiro atoms. The van der Waals surface area contributed by atoms with E-state index in [1.807, 2.05) is 18.2 Å². The standard InChI is InChI=1S/C23H25ClN4O3/c24-15-10-12-17(13-11-15)25-21(29)14-20-22(30)27-18-8-4-5-9-19(18)28(20)23(31)26-16-6-2-1-3-7-16/h1-3,6-7,10-13,18-20H,4-5,8-9,14H2,(H,25,29)(H,26,31)(H,27,30)/t18-,19-,20+/m1/s1. The number of hydrogen-bond donors (Lipinski definition) is 3. The highest BCUT2D eigenvalue weighted by Crippen LogP contribution is 2.30. The maximum Gasteiger partial charge on any atom is 0.322 e. The molecule has 8 heteroatoms. The molecular weight excluding hydrogens is 416 g/mol. The van der Waals surface area contributed by atoms with Gasteiger partial charge in [-0.3, -0.25) is 9.59 Å². The summed E-state index contributed by atoms with van der Waals surface area (Å²) in [6, 6.07) is 14.4. The van der Waals surface area contributed by atoms with E-state index in [1.54, 1.807) is 41.3 Å². The minimum absolute atomic E-state index is 0.0849. The fourth-order valence-electron chi connectivity index (χ4n) is 4.36. The maximum absolute atomic E-state index is 13.2. The lowest BCUT2D eigenvalue weighted by atomic mass is 9.85. The first-order chi connectivity index (χ1) is 15.0. The fraction of sp³-hybridized carbons (Fsp3) is 0.348. The summed E-state index contributed by atoms with van der Waals surface area (Å²) in [4.78, 5) is 40.5. The highest BCUT2D eigenvalue weighted by atomic mass is 35.5. The van der Waals surface area contributed by atoms with E-state index in [9.17, 15) is 14.4 Å². The van der Waals surface area contributed by atoms with Crippen molar-refractivity contribution < 1.29 is 14.4 Å². The number of anilines is 2. The van der Waals surface area contributed by atoms with E-state index in [1.165, 1.54) is 0 Å². The molecule has 3 atom stereocenters. The molecule has 4 amide bonds. The number of benzene rings is 2. The number of amides is 4. The fourth-order valence-corrected chi connectivity index (χ4v) is 4.49. The molecule has 0 aromatic heterocycles. The van der Waals surface area contributed by atoms with Crippen LogP contribution < -0.4 is 16.0 Å². The van der Waals surface area contributed by atoms with Gasteiger partial charge in [-0.2, -0.15) is 0 Å². The molecule has 1 aliphatic carbocycles. The Hall–Kier alpha value is -3.06. The smallest absolute Gasteiger partial charge is 0.322 e. The lowest BCUT2D eigenvalue weighted by Crippen LogP contribution is -2.68. The van der Waals surface area contributed by atoms with Crippen molar-refractivity contribution in [1.82, 2.24) is 10.2 Å². The SMILES string of the molecule is O=C(C[C@H]1C(=O)N[C@@H]2CCCC[C@H]2N1C(=O)Nc1ccccc1)Nc1ccc(Cl)cc1. The number of nitrogens with one attached hydrogen (secondary N) is 3. The summed E-state index contributed by atoms with van der Waals surface area (Å²) < 4.78 is 0. The maximum atomic E-state index is 13.2. The number of hydrogen-bond acceptors (Lipinski definition) is 3. The van der Waals surface area contributed by atoms with Crippen LogP contribution in [0.1, 0.15) is 32.1 Å². The lowest BCUT2D eigenvalue weighted by Gasteiger charge is -2.47. The summed E-state index contributed by atoms with van der Waals surface area (Å²) in [5.74, 6) is -0.633. The highest BCUT2D eigenvalue weighted by molar-refractivity contribution is 6.30. The molecule has 7 nitrogen and oxygen atoms in total. The predicted molar refractivity (Wildman–Crippen MR) is 120 cm³/mol. The van der Waals surface area contributed by atoms with Gasteiger partial charge in [-0.25, -0.2) is 4.79 Å². The Labute approximate surface area is 186 Å². The largest absolute Gasteiger partial charge is 0.349 e. The monoisotopic (exact) mass is 440 g/mol. The van der Waals surface area contributed by atoms with Crippen LogP contribution in [-0.2, 0) is 9.59 Å². The van der Waals surface area contributed by atoms with Gasteiger partial charge >= 0.3 is 6.03 Å². The number of urea groups is 1. The van der Waals surface area contributed by atoms with Gasteiger partial charge in [-0.1, -0.05) is 42.6 Å². The number of carbonyl (C=O) groups excluding carboxylic acids is 3. The van der Waals surface area contributed by atoms with E-state index >= 15 is 0 Å². The Bertz CT molecular complexity index is 951. The third-order valence-corrected chi connectivity index (χ3v) is 6.07. The van der Waals surface area contributed by atoms with Gasteiger partial charge in [0.05, 0.1) is 12.5 Å². The Morgan fingerprint density at radius 1 is 0.968 bits per heavy atom. The minimum Gasteiger partial charge on any atom is -0.349 e. The molecular formula is C23H25ClN4O3. The molecule has 0 bridgehead atoms. The average Bonchev–Trinajstić information content (AvgIpc) is 2.76. The topological polar surface area (TPSA) is 90.5 Å². The van der Waals surface area contributed by atoms with E-state index < -0.39 is 6.04 Å². The van der Waals surface area contributed by atoms with Crippen molar-refractivity contribution in [2.75, 3.05) is 10.6 Å². The van der Waals surface area contributed by atoms with Gasteiger partial charge in [0, 0.05) is 22.4 Å². The summed E-state index contributed by atoms with van der Waals surface area (Å²) in [6.45, 7) is 0. The van der Waals surface area contributed by atoms with E-state index in [4.69, 9.17) is 11.6 Å². The molecule has 1 saturated heterocycles. The van der Waals surface area contributed by atoms with Crippen LogP contribution in [-0.4, -0.2) is 40.9 Å². The molecule has 162 valence electrons. The molecule has 2 aromatic carbocycles. The zero-order valence-electron chi connectivity index (χ0n) is 17.0. The molecule has 1 heterocycles. The first-order valence-corrected chi connectivity index (χ1v) is 10.9. The molecule has 1 aliphatic heterocycles. The van der Waals surface area contributed by atoms with Gasteiger partial charge in [0.25, 0.3) is 0 Å². The van der Waals surface area contributed by atoms with Crippen molar-refractivity contribution >= 4 is 40.8 Å². The molecule has 4 rings (SSSR count). The Kier molecular flexibility index (Phi) is 6.42. The Balaban J connectivity index is 1.53. The van der Waals surface area contributed by atoms with Crippen molar-refractivity contribution in [2.45, 2.75) is 50.2 Å². The lowest BCUT2D eigenvalue weighted by molar-refractivity contribution is -0.135. The summed E-state index contributed by atoms with van der Waals surface area (Å²) in [6.07, 6.45) is 3.49. The van der Waals surface area contributed by atoms with Crippen LogP contribution in [0.25, 0.3) is 0 Å². The van der Waals surface area contributed by atoms with E-state index in [0.717, 1.165) is 25.7 Å². The van der Waals surface area contributed by atoms with Crippen molar-refractivity contribution in [3.63, 3.8) is 0 Å². The van der Waals surface area contributed by atoms with Crippen molar-refractivity contribution in [2.24, 2.45) is 0 Å².